The van der Waals surface area contributed by atoms with Gasteiger partial charge in [-0.15, -0.1) is 0 Å². The average Bonchev–Trinajstić information content (AvgIpc) is 3.08. The number of aromatic amines is 1. The first-order valence-corrected chi connectivity index (χ1v) is 9.69. The molecule has 2 fully saturated rings. The molecule has 2 saturated heterocycles. The van der Waals surface area contributed by atoms with Gasteiger partial charge in [-0.3, -0.25) is 14.4 Å². The molecule has 1 spiro atoms. The van der Waals surface area contributed by atoms with Gasteiger partial charge in [-0.25, -0.2) is 0 Å². The lowest BCUT2D eigenvalue weighted by molar-refractivity contribution is -0.147. The monoisotopic (exact) mass is 367 g/mol. The summed E-state index contributed by atoms with van der Waals surface area (Å²) in [5, 5.41) is 1.13. The number of hydrogen-bond donors (Lipinski definition) is 1. The third-order valence-corrected chi connectivity index (χ3v) is 6.05. The fourth-order valence-corrected chi connectivity index (χ4v) is 4.70. The number of nitrogens with one attached hydrogen (secondary N) is 1. The highest BCUT2D eigenvalue weighted by molar-refractivity contribution is 6.08. The van der Waals surface area contributed by atoms with Crippen LogP contribution in [-0.2, 0) is 4.79 Å². The van der Waals surface area contributed by atoms with Gasteiger partial charge >= 0.3 is 0 Å². The lowest BCUT2D eigenvalue weighted by atomic mass is 9.84. The van der Waals surface area contributed by atoms with Crippen molar-refractivity contribution in [1.82, 2.24) is 14.8 Å². The van der Waals surface area contributed by atoms with Crippen LogP contribution in [0.4, 0.5) is 0 Å². The zero-order valence-corrected chi connectivity index (χ0v) is 15.8. The zero-order valence-electron chi connectivity index (χ0n) is 15.8. The first-order chi connectivity index (χ1) is 13.0. The number of nitrogens with zero attached hydrogens (tertiary/aromatic N) is 2. The molecule has 0 bridgehead atoms. The van der Waals surface area contributed by atoms with E-state index in [1.54, 1.807) is 23.1 Å². The molecule has 0 aliphatic carbocycles. The van der Waals surface area contributed by atoms with E-state index in [-0.39, 0.29) is 23.4 Å². The number of pyridine rings is 1. The Morgan fingerprint density at radius 2 is 1.74 bits per heavy atom. The molecule has 4 rings (SSSR count). The van der Waals surface area contributed by atoms with Crippen molar-refractivity contribution < 1.29 is 9.59 Å². The minimum atomic E-state index is -0.739. The van der Waals surface area contributed by atoms with E-state index < -0.39 is 5.54 Å². The Labute approximate surface area is 158 Å². The summed E-state index contributed by atoms with van der Waals surface area (Å²) >= 11 is 0. The number of rotatable bonds is 2. The van der Waals surface area contributed by atoms with Gasteiger partial charge < -0.3 is 14.8 Å². The van der Waals surface area contributed by atoms with Crippen LogP contribution in [0.15, 0.2) is 35.3 Å². The predicted molar refractivity (Wildman–Crippen MR) is 104 cm³/mol. The molecular formula is C21H25N3O3. The maximum Gasteiger partial charge on any atom is 0.256 e. The largest absolute Gasteiger partial charge is 0.338 e. The first kappa shape index (κ1) is 17.8. The van der Waals surface area contributed by atoms with Crippen molar-refractivity contribution in [1.29, 1.82) is 0 Å². The molecule has 142 valence electrons. The molecule has 1 atom stereocenters. The number of H-pyrrole nitrogens is 1. The van der Waals surface area contributed by atoms with Gasteiger partial charge in [0.15, 0.2) is 0 Å². The molecule has 6 heteroatoms. The third kappa shape index (κ3) is 2.66. The molecule has 2 aliphatic rings. The molecular weight excluding hydrogens is 342 g/mol. The molecule has 27 heavy (non-hydrogen) atoms. The highest BCUT2D eigenvalue weighted by Crippen LogP contribution is 2.40. The van der Waals surface area contributed by atoms with Crippen molar-refractivity contribution in [2.75, 3.05) is 13.1 Å². The van der Waals surface area contributed by atoms with Gasteiger partial charge in [-0.1, -0.05) is 18.2 Å². The summed E-state index contributed by atoms with van der Waals surface area (Å²) in [7, 11) is 0. The van der Waals surface area contributed by atoms with Crippen molar-refractivity contribution in [3.8, 4) is 0 Å². The molecule has 2 aliphatic heterocycles. The summed E-state index contributed by atoms with van der Waals surface area (Å²) in [5.41, 5.74) is -0.490. The maximum atomic E-state index is 13.5. The SMILES string of the molecule is CC(C)N1CCCC2(CCCN2C(=O)c2c[nH]c(=O)c3ccccc23)C1=O. The van der Waals surface area contributed by atoms with E-state index in [1.807, 2.05) is 24.8 Å². The Kier molecular flexibility index (Phi) is 4.29. The van der Waals surface area contributed by atoms with Crippen LogP contribution in [0.2, 0.25) is 0 Å². The van der Waals surface area contributed by atoms with Crippen LogP contribution >= 0.6 is 0 Å². The lowest BCUT2D eigenvalue weighted by Crippen LogP contribution is -2.62. The fraction of sp³-hybridized carbons (Fsp3) is 0.476. The Balaban J connectivity index is 1.77. The first-order valence-electron chi connectivity index (χ1n) is 9.69. The van der Waals surface area contributed by atoms with E-state index >= 15 is 0 Å². The van der Waals surface area contributed by atoms with Crippen LogP contribution in [-0.4, -0.2) is 51.3 Å². The fourth-order valence-electron chi connectivity index (χ4n) is 4.70. The topological polar surface area (TPSA) is 73.5 Å². The lowest BCUT2D eigenvalue weighted by Gasteiger charge is -2.46. The van der Waals surface area contributed by atoms with Gasteiger partial charge in [0.1, 0.15) is 5.54 Å². The molecule has 0 radical (unpaired) electrons. The summed E-state index contributed by atoms with van der Waals surface area (Å²) < 4.78 is 0. The van der Waals surface area contributed by atoms with E-state index in [4.69, 9.17) is 0 Å². The standard InChI is InChI=1S/C21H25N3O3/c1-14(2)23-11-5-9-21(20(23)27)10-6-12-24(21)19(26)17-13-22-18(25)16-8-4-3-7-15(16)17/h3-4,7-8,13-14H,5-6,9-12H2,1-2H3,(H,22,25). The summed E-state index contributed by atoms with van der Waals surface area (Å²) in [6, 6.07) is 7.25. The smallest absolute Gasteiger partial charge is 0.256 e. The Hall–Kier alpha value is -2.63. The Morgan fingerprint density at radius 3 is 2.44 bits per heavy atom. The van der Waals surface area contributed by atoms with Crippen LogP contribution < -0.4 is 5.56 Å². The number of aromatic nitrogens is 1. The second-order valence-corrected chi connectivity index (χ2v) is 7.86. The van der Waals surface area contributed by atoms with E-state index in [0.29, 0.717) is 35.7 Å². The third-order valence-electron chi connectivity index (χ3n) is 6.05. The highest BCUT2D eigenvalue weighted by Gasteiger charge is 2.53. The van der Waals surface area contributed by atoms with Crippen LogP contribution in [0.1, 0.15) is 49.9 Å². The number of carbonyl (C=O) groups excluding carboxylic acids is 2. The molecule has 2 aromatic rings. The van der Waals surface area contributed by atoms with Gasteiger partial charge in [-0.2, -0.15) is 0 Å². The number of likely N-dealkylation sites (tertiary alicyclic amines) is 2. The van der Waals surface area contributed by atoms with E-state index in [0.717, 1.165) is 19.4 Å². The highest BCUT2D eigenvalue weighted by atomic mass is 16.2. The molecule has 1 N–H and O–H groups in total. The van der Waals surface area contributed by atoms with Crippen LogP contribution in [0.3, 0.4) is 0 Å². The molecule has 1 unspecified atom stereocenters. The summed E-state index contributed by atoms with van der Waals surface area (Å²) in [6.07, 6.45) is 4.64. The molecule has 2 amide bonds. The maximum absolute atomic E-state index is 13.5. The molecule has 1 aromatic heterocycles. The number of carbonyl (C=O) groups is 2. The van der Waals surface area contributed by atoms with Crippen molar-refractivity contribution in [3.05, 3.63) is 46.4 Å². The average molecular weight is 367 g/mol. The summed E-state index contributed by atoms with van der Waals surface area (Å²) in [6.45, 7) is 5.37. The van der Waals surface area contributed by atoms with E-state index in [9.17, 15) is 14.4 Å². The van der Waals surface area contributed by atoms with Crippen molar-refractivity contribution >= 4 is 22.6 Å². The van der Waals surface area contributed by atoms with Crippen LogP contribution in [0, 0.1) is 0 Å². The number of amides is 2. The minimum absolute atomic E-state index is 0.0725. The van der Waals surface area contributed by atoms with Gasteiger partial charge in [0, 0.05) is 36.1 Å². The predicted octanol–water partition coefficient (Wildman–Crippen LogP) is 2.53. The van der Waals surface area contributed by atoms with Crippen molar-refractivity contribution in [2.45, 2.75) is 51.1 Å². The van der Waals surface area contributed by atoms with Crippen molar-refractivity contribution in [3.63, 3.8) is 0 Å². The quantitative estimate of drug-likeness (QED) is 0.886. The van der Waals surface area contributed by atoms with Crippen molar-refractivity contribution in [2.24, 2.45) is 0 Å². The van der Waals surface area contributed by atoms with Gasteiger partial charge in [0.25, 0.3) is 11.5 Å². The van der Waals surface area contributed by atoms with Gasteiger partial charge in [0.05, 0.1) is 5.56 Å². The number of piperidine rings is 1. The van der Waals surface area contributed by atoms with Gasteiger partial charge in [0.2, 0.25) is 5.91 Å². The molecule has 1 aromatic carbocycles. The molecule has 0 saturated carbocycles. The van der Waals surface area contributed by atoms with E-state index in [1.165, 1.54) is 6.20 Å². The summed E-state index contributed by atoms with van der Waals surface area (Å²) in [5.74, 6) is -0.0952. The summed E-state index contributed by atoms with van der Waals surface area (Å²) in [4.78, 5) is 45.3. The minimum Gasteiger partial charge on any atom is -0.338 e. The van der Waals surface area contributed by atoms with Crippen LogP contribution in [0.25, 0.3) is 10.8 Å². The second-order valence-electron chi connectivity index (χ2n) is 7.86. The molecule has 3 heterocycles. The zero-order chi connectivity index (χ0) is 19.2. The second kappa shape index (κ2) is 6.51. The normalized spacial score (nSPS) is 23.0. The van der Waals surface area contributed by atoms with Crippen LogP contribution in [0.5, 0.6) is 0 Å². The molecule has 6 nitrogen and oxygen atoms in total. The number of benzene rings is 1. The Morgan fingerprint density at radius 1 is 1.07 bits per heavy atom. The Bertz CT molecular complexity index is 965. The van der Waals surface area contributed by atoms with E-state index in [2.05, 4.69) is 4.98 Å². The number of hydrogen-bond acceptors (Lipinski definition) is 3. The number of fused-ring (bicyclic) bond motifs is 1. The van der Waals surface area contributed by atoms with Gasteiger partial charge in [-0.05, 0) is 45.6 Å².